The molecule has 3 atom stereocenters. The van der Waals surface area contributed by atoms with Crippen molar-refractivity contribution in [3.8, 4) is 0 Å². The van der Waals surface area contributed by atoms with E-state index in [9.17, 15) is 0 Å². The first-order valence-electron chi connectivity index (χ1n) is 6.73. The van der Waals surface area contributed by atoms with E-state index in [0.717, 1.165) is 36.7 Å². The van der Waals surface area contributed by atoms with E-state index in [0.29, 0.717) is 0 Å². The van der Waals surface area contributed by atoms with Gasteiger partial charge in [-0.25, -0.2) is 0 Å². The van der Waals surface area contributed by atoms with Crippen molar-refractivity contribution in [3.05, 3.63) is 29.8 Å². The SMILES string of the molecule is Nc1ccc(COCC2CC3CCC2C3)cc1. The van der Waals surface area contributed by atoms with Gasteiger partial charge in [0.1, 0.15) is 0 Å². The molecule has 0 spiro atoms. The van der Waals surface area contributed by atoms with Crippen LogP contribution in [0.3, 0.4) is 0 Å². The number of benzene rings is 1. The Labute approximate surface area is 103 Å². The maximum Gasteiger partial charge on any atom is 0.0717 e. The van der Waals surface area contributed by atoms with Crippen molar-refractivity contribution < 1.29 is 4.74 Å². The van der Waals surface area contributed by atoms with Crippen molar-refractivity contribution in [2.24, 2.45) is 17.8 Å². The lowest BCUT2D eigenvalue weighted by molar-refractivity contribution is 0.0676. The Hall–Kier alpha value is -1.02. The summed E-state index contributed by atoms with van der Waals surface area (Å²) >= 11 is 0. The normalized spacial score (nSPS) is 30.9. The standard InChI is InChI=1S/C15H21NO/c16-15-5-2-11(3-6-15)9-17-10-14-8-12-1-4-13(14)7-12/h2-3,5-6,12-14H,1,4,7-10,16H2. The average Bonchev–Trinajstić information content (AvgIpc) is 2.94. The van der Waals surface area contributed by atoms with Crippen molar-refractivity contribution in [1.82, 2.24) is 0 Å². The molecule has 0 amide bonds. The number of ether oxygens (including phenoxy) is 1. The molecule has 1 aromatic rings. The fourth-order valence-corrected chi connectivity index (χ4v) is 3.52. The number of nitrogen functional groups attached to an aromatic ring is 1. The van der Waals surface area contributed by atoms with Crippen molar-refractivity contribution in [3.63, 3.8) is 0 Å². The molecular weight excluding hydrogens is 210 g/mol. The van der Waals surface area contributed by atoms with Crippen LogP contribution in [0.15, 0.2) is 24.3 Å². The summed E-state index contributed by atoms with van der Waals surface area (Å²) in [6.07, 6.45) is 5.79. The van der Waals surface area contributed by atoms with E-state index >= 15 is 0 Å². The van der Waals surface area contributed by atoms with Crippen LogP contribution in [0, 0.1) is 17.8 Å². The zero-order chi connectivity index (χ0) is 11.7. The van der Waals surface area contributed by atoms with Gasteiger partial charge in [-0.3, -0.25) is 0 Å². The van der Waals surface area contributed by atoms with Gasteiger partial charge in [0.05, 0.1) is 13.2 Å². The molecule has 3 rings (SSSR count). The zero-order valence-corrected chi connectivity index (χ0v) is 10.3. The summed E-state index contributed by atoms with van der Waals surface area (Å²) in [6, 6.07) is 7.98. The second kappa shape index (κ2) is 4.69. The fraction of sp³-hybridized carbons (Fsp3) is 0.600. The van der Waals surface area contributed by atoms with Crippen LogP contribution >= 0.6 is 0 Å². The molecule has 2 nitrogen and oxygen atoms in total. The smallest absolute Gasteiger partial charge is 0.0717 e. The minimum Gasteiger partial charge on any atom is -0.399 e. The van der Waals surface area contributed by atoms with E-state index in [2.05, 4.69) is 12.1 Å². The molecule has 3 unspecified atom stereocenters. The second-order valence-electron chi connectivity index (χ2n) is 5.69. The number of hydrogen-bond donors (Lipinski definition) is 1. The van der Waals surface area contributed by atoms with E-state index in [1.807, 2.05) is 12.1 Å². The molecular formula is C15H21NO. The molecule has 0 aromatic heterocycles. The summed E-state index contributed by atoms with van der Waals surface area (Å²) < 4.78 is 5.86. The Bertz CT molecular complexity index is 373. The molecule has 0 heterocycles. The molecule has 2 bridgehead atoms. The van der Waals surface area contributed by atoms with Crippen LogP contribution in [0.4, 0.5) is 5.69 Å². The van der Waals surface area contributed by atoms with Gasteiger partial charge in [-0.05, 0) is 54.7 Å². The molecule has 2 fully saturated rings. The summed E-state index contributed by atoms with van der Waals surface area (Å²) in [5.74, 6) is 2.82. The maximum atomic E-state index is 5.86. The Balaban J connectivity index is 1.45. The quantitative estimate of drug-likeness (QED) is 0.807. The van der Waals surface area contributed by atoms with Gasteiger partial charge in [0.2, 0.25) is 0 Å². The highest BCUT2D eigenvalue weighted by Crippen LogP contribution is 2.48. The van der Waals surface area contributed by atoms with Gasteiger partial charge >= 0.3 is 0 Å². The lowest BCUT2D eigenvalue weighted by Crippen LogP contribution is -2.16. The Morgan fingerprint density at radius 1 is 1.12 bits per heavy atom. The van der Waals surface area contributed by atoms with Crippen LogP contribution in [0.25, 0.3) is 0 Å². The topological polar surface area (TPSA) is 35.2 Å². The Morgan fingerprint density at radius 3 is 2.59 bits per heavy atom. The summed E-state index contributed by atoms with van der Waals surface area (Å²) in [5.41, 5.74) is 7.70. The van der Waals surface area contributed by atoms with E-state index in [-0.39, 0.29) is 0 Å². The van der Waals surface area contributed by atoms with Crippen LogP contribution in [0.1, 0.15) is 31.2 Å². The number of nitrogens with two attached hydrogens (primary N) is 1. The number of anilines is 1. The van der Waals surface area contributed by atoms with E-state index in [1.165, 1.54) is 31.2 Å². The predicted molar refractivity (Wildman–Crippen MR) is 69.4 cm³/mol. The third kappa shape index (κ3) is 2.47. The van der Waals surface area contributed by atoms with Crippen molar-refractivity contribution in [2.45, 2.75) is 32.3 Å². The molecule has 0 aliphatic heterocycles. The highest BCUT2D eigenvalue weighted by Gasteiger charge is 2.39. The van der Waals surface area contributed by atoms with Gasteiger partial charge in [-0.1, -0.05) is 18.6 Å². The minimum atomic E-state index is 0.730. The summed E-state index contributed by atoms with van der Waals surface area (Å²) in [6.45, 7) is 1.68. The fourth-order valence-electron chi connectivity index (χ4n) is 3.52. The molecule has 2 saturated carbocycles. The molecule has 2 heteroatoms. The van der Waals surface area contributed by atoms with Gasteiger partial charge in [0, 0.05) is 5.69 Å². The predicted octanol–water partition coefficient (Wildman–Crippen LogP) is 3.22. The van der Waals surface area contributed by atoms with E-state index in [4.69, 9.17) is 10.5 Å². The monoisotopic (exact) mass is 231 g/mol. The molecule has 2 N–H and O–H groups in total. The molecule has 92 valence electrons. The molecule has 17 heavy (non-hydrogen) atoms. The van der Waals surface area contributed by atoms with Crippen LogP contribution in [0.5, 0.6) is 0 Å². The molecule has 0 radical (unpaired) electrons. The van der Waals surface area contributed by atoms with Crippen molar-refractivity contribution >= 4 is 5.69 Å². The molecule has 2 aliphatic rings. The van der Waals surface area contributed by atoms with E-state index in [1.54, 1.807) is 0 Å². The van der Waals surface area contributed by atoms with Crippen LogP contribution in [-0.2, 0) is 11.3 Å². The second-order valence-corrected chi connectivity index (χ2v) is 5.69. The summed E-state index contributed by atoms with van der Waals surface area (Å²) in [4.78, 5) is 0. The number of rotatable bonds is 4. The molecule has 0 saturated heterocycles. The van der Waals surface area contributed by atoms with Gasteiger partial charge in [0.15, 0.2) is 0 Å². The lowest BCUT2D eigenvalue weighted by atomic mass is 9.90. The van der Waals surface area contributed by atoms with Crippen LogP contribution in [-0.4, -0.2) is 6.61 Å². The highest BCUT2D eigenvalue weighted by molar-refractivity contribution is 5.39. The number of fused-ring (bicyclic) bond motifs is 2. The highest BCUT2D eigenvalue weighted by atomic mass is 16.5. The van der Waals surface area contributed by atoms with Crippen molar-refractivity contribution in [2.75, 3.05) is 12.3 Å². The first-order valence-corrected chi connectivity index (χ1v) is 6.73. The van der Waals surface area contributed by atoms with Crippen LogP contribution < -0.4 is 5.73 Å². The number of hydrogen-bond acceptors (Lipinski definition) is 2. The van der Waals surface area contributed by atoms with E-state index < -0.39 is 0 Å². The molecule has 1 aromatic carbocycles. The van der Waals surface area contributed by atoms with Gasteiger partial charge in [-0.2, -0.15) is 0 Å². The third-order valence-electron chi connectivity index (χ3n) is 4.46. The third-order valence-corrected chi connectivity index (χ3v) is 4.46. The summed E-state index contributed by atoms with van der Waals surface area (Å²) in [5, 5.41) is 0. The Kier molecular flexibility index (Phi) is 3.06. The largest absolute Gasteiger partial charge is 0.399 e. The maximum absolute atomic E-state index is 5.86. The minimum absolute atomic E-state index is 0.730. The van der Waals surface area contributed by atoms with Crippen LogP contribution in [0.2, 0.25) is 0 Å². The van der Waals surface area contributed by atoms with Gasteiger partial charge < -0.3 is 10.5 Å². The molecule has 2 aliphatic carbocycles. The van der Waals surface area contributed by atoms with Crippen molar-refractivity contribution in [1.29, 1.82) is 0 Å². The average molecular weight is 231 g/mol. The summed E-state index contributed by atoms with van der Waals surface area (Å²) in [7, 11) is 0. The lowest BCUT2D eigenvalue weighted by Gasteiger charge is -2.21. The first-order chi connectivity index (χ1) is 8.31. The van der Waals surface area contributed by atoms with Gasteiger partial charge in [0.25, 0.3) is 0 Å². The first kappa shape index (κ1) is 11.1. The van der Waals surface area contributed by atoms with Gasteiger partial charge in [-0.15, -0.1) is 0 Å². The zero-order valence-electron chi connectivity index (χ0n) is 10.3. The Morgan fingerprint density at radius 2 is 1.94 bits per heavy atom.